The number of aromatic nitrogens is 1. The molecule has 7 nitrogen and oxygen atoms in total. The van der Waals surface area contributed by atoms with Gasteiger partial charge in [-0.1, -0.05) is 29.8 Å². The molecule has 2 N–H and O–H groups in total. The summed E-state index contributed by atoms with van der Waals surface area (Å²) < 4.78 is 0. The van der Waals surface area contributed by atoms with E-state index in [1.54, 1.807) is 34.8 Å². The molecule has 3 aromatic rings. The second-order valence-corrected chi connectivity index (χ2v) is 9.44. The Morgan fingerprint density at radius 1 is 1.15 bits per heavy atom. The van der Waals surface area contributed by atoms with Crippen molar-refractivity contribution in [2.75, 3.05) is 25.1 Å². The number of hydrogen-bond donors (Lipinski definition) is 2. The Hall–Kier alpha value is -2.94. The molecule has 0 radical (unpaired) electrons. The van der Waals surface area contributed by atoms with Crippen molar-refractivity contribution in [2.24, 2.45) is 0 Å². The summed E-state index contributed by atoms with van der Waals surface area (Å²) in [6.07, 6.45) is 3.37. The van der Waals surface area contributed by atoms with Crippen molar-refractivity contribution in [3.8, 4) is 0 Å². The smallest absolute Gasteiger partial charge is 0.281 e. The maximum Gasteiger partial charge on any atom is 0.281 e. The van der Waals surface area contributed by atoms with Crippen LogP contribution in [0.15, 0.2) is 54.2 Å². The number of para-hydroxylation sites is 1. The van der Waals surface area contributed by atoms with Crippen LogP contribution in [0.1, 0.15) is 38.4 Å². The van der Waals surface area contributed by atoms with Crippen molar-refractivity contribution in [3.63, 3.8) is 0 Å². The third kappa shape index (κ3) is 5.52. The minimum absolute atomic E-state index is 0.129. The number of carbonyl (C=O) groups excluding carboxylic acids is 2. The zero-order valence-electron chi connectivity index (χ0n) is 18.5. The number of nitrogens with zero attached hydrogens (tertiary/aromatic N) is 3. The van der Waals surface area contributed by atoms with E-state index in [1.165, 1.54) is 17.5 Å². The minimum Gasteiger partial charge on any atom is -0.349 e. The monoisotopic (exact) mass is 483 g/mol. The van der Waals surface area contributed by atoms with E-state index in [9.17, 15) is 9.59 Å². The number of halogens is 1. The molecule has 0 spiro atoms. The van der Waals surface area contributed by atoms with Crippen LogP contribution in [0.2, 0.25) is 5.02 Å². The zero-order chi connectivity index (χ0) is 23.4. The van der Waals surface area contributed by atoms with E-state index in [4.69, 9.17) is 11.6 Å². The Kier molecular flexibility index (Phi) is 7.27. The molecule has 2 aromatic carbocycles. The standard InChI is InChI=1S/C24H26ClN5O2S/c1-16-5-3-8-20(25)22(16)30(28-24(32)21-14-26-15-33-21)19-7-4-6-17(13-19)23(31)27-18-9-11-29(2)12-10-18/h3-8,13-15,18H,9-12H2,1-2H3,(H,27,31)(H,28,32). The number of amides is 2. The van der Waals surface area contributed by atoms with Gasteiger partial charge >= 0.3 is 0 Å². The number of rotatable bonds is 6. The van der Waals surface area contributed by atoms with Crippen molar-refractivity contribution in [2.45, 2.75) is 25.8 Å². The van der Waals surface area contributed by atoms with Crippen LogP contribution in [0.4, 0.5) is 11.4 Å². The number of benzene rings is 2. The summed E-state index contributed by atoms with van der Waals surface area (Å²) in [6.45, 7) is 3.85. The molecule has 1 aliphatic heterocycles. The number of thiazole rings is 1. The highest BCUT2D eigenvalue weighted by atomic mass is 35.5. The number of likely N-dealkylation sites (tertiary alicyclic amines) is 1. The largest absolute Gasteiger partial charge is 0.349 e. The van der Waals surface area contributed by atoms with Gasteiger partial charge in [0.15, 0.2) is 0 Å². The van der Waals surface area contributed by atoms with Crippen molar-refractivity contribution in [1.29, 1.82) is 0 Å². The van der Waals surface area contributed by atoms with Crippen molar-refractivity contribution in [3.05, 3.63) is 75.2 Å². The Morgan fingerprint density at radius 2 is 1.91 bits per heavy atom. The minimum atomic E-state index is -0.307. The van der Waals surface area contributed by atoms with Gasteiger partial charge in [-0.2, -0.15) is 0 Å². The van der Waals surface area contributed by atoms with Crippen LogP contribution in [-0.4, -0.2) is 47.9 Å². The van der Waals surface area contributed by atoms with E-state index in [0.717, 1.165) is 31.5 Å². The summed E-state index contributed by atoms with van der Waals surface area (Å²) in [6, 6.07) is 12.9. The molecule has 9 heteroatoms. The van der Waals surface area contributed by atoms with Gasteiger partial charge in [-0.3, -0.25) is 25.0 Å². The van der Waals surface area contributed by atoms with Crippen LogP contribution in [0.5, 0.6) is 0 Å². The van der Waals surface area contributed by atoms with Gasteiger partial charge in [0.1, 0.15) is 4.88 Å². The first-order valence-electron chi connectivity index (χ1n) is 10.8. The number of carbonyl (C=O) groups is 2. The molecule has 1 aromatic heterocycles. The van der Waals surface area contributed by atoms with E-state index >= 15 is 0 Å². The number of aryl methyl sites for hydroxylation is 1. The van der Waals surface area contributed by atoms with Crippen LogP contribution in [0.3, 0.4) is 0 Å². The van der Waals surface area contributed by atoms with Gasteiger partial charge in [-0.15, -0.1) is 11.3 Å². The molecule has 0 bridgehead atoms. The molecule has 2 heterocycles. The lowest BCUT2D eigenvalue weighted by Crippen LogP contribution is -2.43. The maximum atomic E-state index is 13.0. The van der Waals surface area contributed by atoms with Crippen molar-refractivity contribution in [1.82, 2.24) is 20.6 Å². The molecule has 2 amide bonds. The second kappa shape index (κ2) is 10.3. The van der Waals surface area contributed by atoms with Crippen LogP contribution < -0.4 is 15.8 Å². The zero-order valence-corrected chi connectivity index (χ0v) is 20.1. The summed E-state index contributed by atoms with van der Waals surface area (Å²) >= 11 is 7.79. The van der Waals surface area contributed by atoms with E-state index in [1.807, 2.05) is 25.1 Å². The molecule has 0 atom stereocenters. The maximum absolute atomic E-state index is 13.0. The Labute approximate surface area is 202 Å². The molecule has 0 unspecified atom stereocenters. The predicted octanol–water partition coefficient (Wildman–Crippen LogP) is 4.41. The fourth-order valence-electron chi connectivity index (χ4n) is 3.85. The molecule has 0 aliphatic carbocycles. The summed E-state index contributed by atoms with van der Waals surface area (Å²) in [4.78, 5) is 32.6. The lowest BCUT2D eigenvalue weighted by atomic mass is 10.0. The van der Waals surface area contributed by atoms with Crippen molar-refractivity contribution < 1.29 is 9.59 Å². The van der Waals surface area contributed by atoms with Gasteiger partial charge in [-0.05, 0) is 69.7 Å². The lowest BCUT2D eigenvalue weighted by Gasteiger charge is -2.30. The van der Waals surface area contributed by atoms with E-state index in [0.29, 0.717) is 26.8 Å². The SMILES string of the molecule is Cc1cccc(Cl)c1N(NC(=O)c1cncs1)c1cccc(C(=O)NC2CCN(C)CC2)c1. The Bertz CT molecular complexity index is 1110. The number of hydrogen-bond acceptors (Lipinski definition) is 6. The van der Waals surface area contributed by atoms with Crippen molar-refractivity contribution >= 4 is 46.1 Å². The number of nitrogens with one attached hydrogen (secondary N) is 2. The van der Waals surface area contributed by atoms with Gasteiger partial charge in [0.05, 0.1) is 28.1 Å². The summed E-state index contributed by atoms with van der Waals surface area (Å²) in [5.41, 5.74) is 7.21. The molecule has 1 saturated heterocycles. The van der Waals surface area contributed by atoms with Gasteiger partial charge in [0.25, 0.3) is 11.8 Å². The molecule has 1 fully saturated rings. The number of anilines is 2. The summed E-state index contributed by atoms with van der Waals surface area (Å²) in [7, 11) is 2.09. The third-order valence-corrected chi connectivity index (χ3v) is 6.78. The van der Waals surface area contributed by atoms with Crippen LogP contribution in [-0.2, 0) is 0 Å². The molecular weight excluding hydrogens is 458 g/mol. The Morgan fingerprint density at radius 3 is 2.61 bits per heavy atom. The van der Waals surface area contributed by atoms with Gasteiger partial charge in [0.2, 0.25) is 0 Å². The highest BCUT2D eigenvalue weighted by Crippen LogP contribution is 2.34. The second-order valence-electron chi connectivity index (χ2n) is 8.15. The van der Waals surface area contributed by atoms with Gasteiger partial charge < -0.3 is 10.2 Å². The molecule has 1 aliphatic rings. The number of piperidine rings is 1. The van der Waals surface area contributed by atoms with Gasteiger partial charge in [-0.25, -0.2) is 0 Å². The summed E-state index contributed by atoms with van der Waals surface area (Å²) in [5.74, 6) is -0.436. The topological polar surface area (TPSA) is 77.6 Å². The van der Waals surface area contributed by atoms with Gasteiger partial charge in [0, 0.05) is 11.6 Å². The fourth-order valence-corrected chi connectivity index (χ4v) is 4.66. The molecule has 4 rings (SSSR count). The predicted molar refractivity (Wildman–Crippen MR) is 132 cm³/mol. The summed E-state index contributed by atoms with van der Waals surface area (Å²) in [5, 5.41) is 5.26. The first-order valence-corrected chi connectivity index (χ1v) is 12.0. The Balaban J connectivity index is 1.63. The third-order valence-electron chi connectivity index (χ3n) is 5.70. The lowest BCUT2D eigenvalue weighted by molar-refractivity contribution is 0.0916. The molecular formula is C24H26ClN5O2S. The highest BCUT2D eigenvalue weighted by Gasteiger charge is 2.22. The highest BCUT2D eigenvalue weighted by molar-refractivity contribution is 7.11. The molecule has 172 valence electrons. The van der Waals surface area contributed by atoms with Crippen LogP contribution in [0, 0.1) is 6.92 Å². The normalized spacial score (nSPS) is 14.6. The van der Waals surface area contributed by atoms with E-state index < -0.39 is 0 Å². The first kappa shape index (κ1) is 23.2. The van der Waals surface area contributed by atoms with E-state index in [2.05, 4.69) is 27.7 Å². The van der Waals surface area contributed by atoms with Crippen LogP contribution >= 0.6 is 22.9 Å². The first-order chi connectivity index (χ1) is 15.9. The van der Waals surface area contributed by atoms with E-state index in [-0.39, 0.29) is 17.9 Å². The van der Waals surface area contributed by atoms with Crippen LogP contribution in [0.25, 0.3) is 0 Å². The average molecular weight is 484 g/mol. The fraction of sp³-hybridized carbons (Fsp3) is 0.292. The number of hydrazine groups is 1. The average Bonchev–Trinajstić information content (AvgIpc) is 3.35. The quantitative estimate of drug-likeness (QED) is 0.508. The molecule has 0 saturated carbocycles. The molecule has 33 heavy (non-hydrogen) atoms.